The molecule has 2 aromatic heterocycles. The molecule has 3 rings (SSSR count). The molecule has 0 radical (unpaired) electrons. The Labute approximate surface area is 132 Å². The van der Waals surface area contributed by atoms with Crippen molar-refractivity contribution in [2.24, 2.45) is 0 Å². The van der Waals surface area contributed by atoms with Crippen LogP contribution in [0.3, 0.4) is 0 Å². The number of thiazole rings is 1. The average molecular weight is 321 g/mol. The first-order chi connectivity index (χ1) is 10.7. The molecule has 7 nitrogen and oxygen atoms in total. The number of carbonyl (C=O) groups is 1. The number of urea groups is 1. The summed E-state index contributed by atoms with van der Waals surface area (Å²) in [4.78, 5) is 22.7. The Balaban J connectivity index is 1.59. The van der Waals surface area contributed by atoms with Crippen LogP contribution in [0.4, 0.5) is 4.79 Å². The Hall–Kier alpha value is -1.93. The van der Waals surface area contributed by atoms with Gasteiger partial charge in [0.05, 0.1) is 19.5 Å². The van der Waals surface area contributed by atoms with Crippen molar-refractivity contribution in [1.29, 1.82) is 0 Å². The Kier molecular flexibility index (Phi) is 4.69. The molecule has 1 N–H and O–H groups in total. The van der Waals surface area contributed by atoms with Crippen LogP contribution in [0, 0.1) is 6.92 Å². The fourth-order valence-corrected chi connectivity index (χ4v) is 3.28. The van der Waals surface area contributed by atoms with Gasteiger partial charge in [-0.3, -0.25) is 0 Å². The zero-order valence-electron chi connectivity index (χ0n) is 12.4. The van der Waals surface area contributed by atoms with E-state index in [0.29, 0.717) is 32.8 Å². The molecular formula is C14H19N5O2S. The van der Waals surface area contributed by atoms with Crippen molar-refractivity contribution in [2.75, 3.05) is 26.3 Å². The summed E-state index contributed by atoms with van der Waals surface area (Å²) >= 11 is 1.57. The molecule has 1 saturated heterocycles. The zero-order valence-corrected chi connectivity index (χ0v) is 13.3. The standard InChI is InChI=1S/C14H19N5O2S/c1-11-9-22-13(17-11)12-8-21-7-6-19(12)14(20)16-3-5-18-4-2-15-10-18/h2,4,9-10,12H,3,5-8H2,1H3,(H,16,20). The average Bonchev–Trinajstić information content (AvgIpc) is 3.19. The Morgan fingerprint density at radius 3 is 3.23 bits per heavy atom. The molecule has 2 aromatic rings. The number of nitrogens with zero attached hydrogens (tertiary/aromatic N) is 4. The van der Waals surface area contributed by atoms with Gasteiger partial charge in [-0.1, -0.05) is 0 Å². The number of nitrogens with one attached hydrogen (secondary N) is 1. The molecule has 118 valence electrons. The normalized spacial score (nSPS) is 18.4. The van der Waals surface area contributed by atoms with Crippen LogP contribution in [-0.2, 0) is 11.3 Å². The number of amides is 2. The van der Waals surface area contributed by atoms with Crippen LogP contribution >= 0.6 is 11.3 Å². The molecule has 1 fully saturated rings. The van der Waals surface area contributed by atoms with Gasteiger partial charge in [0.2, 0.25) is 0 Å². The quantitative estimate of drug-likeness (QED) is 0.925. The van der Waals surface area contributed by atoms with Crippen molar-refractivity contribution in [3.63, 3.8) is 0 Å². The van der Waals surface area contributed by atoms with Crippen molar-refractivity contribution in [2.45, 2.75) is 19.5 Å². The summed E-state index contributed by atoms with van der Waals surface area (Å²) in [5.41, 5.74) is 0.978. The van der Waals surface area contributed by atoms with Crippen molar-refractivity contribution >= 4 is 17.4 Å². The van der Waals surface area contributed by atoms with Crippen LogP contribution in [0.2, 0.25) is 0 Å². The molecule has 0 aliphatic carbocycles. The number of imidazole rings is 1. The van der Waals surface area contributed by atoms with Crippen LogP contribution < -0.4 is 5.32 Å². The predicted molar refractivity (Wildman–Crippen MR) is 82.7 cm³/mol. The first-order valence-corrected chi connectivity index (χ1v) is 8.12. The maximum atomic E-state index is 12.4. The molecule has 8 heteroatoms. The highest BCUT2D eigenvalue weighted by molar-refractivity contribution is 7.09. The van der Waals surface area contributed by atoms with Gasteiger partial charge >= 0.3 is 6.03 Å². The molecule has 1 unspecified atom stereocenters. The number of carbonyl (C=O) groups excluding carboxylic acids is 1. The second kappa shape index (κ2) is 6.89. The number of aromatic nitrogens is 3. The minimum absolute atomic E-state index is 0.0683. The SMILES string of the molecule is Cc1csc(C2COCCN2C(=O)NCCn2ccnc2)n1. The second-order valence-electron chi connectivity index (χ2n) is 5.14. The van der Waals surface area contributed by atoms with E-state index in [4.69, 9.17) is 4.74 Å². The summed E-state index contributed by atoms with van der Waals surface area (Å²) in [6, 6.07) is -0.165. The highest BCUT2D eigenvalue weighted by Gasteiger charge is 2.30. The summed E-state index contributed by atoms with van der Waals surface area (Å²) in [7, 11) is 0. The third-order valence-electron chi connectivity index (χ3n) is 3.52. The van der Waals surface area contributed by atoms with E-state index in [1.54, 1.807) is 23.9 Å². The Bertz CT molecular complexity index is 613. The van der Waals surface area contributed by atoms with Crippen LogP contribution in [0.25, 0.3) is 0 Å². The lowest BCUT2D eigenvalue weighted by atomic mass is 10.2. The molecule has 3 heterocycles. The highest BCUT2D eigenvalue weighted by Crippen LogP contribution is 2.26. The molecule has 0 aromatic carbocycles. The minimum atomic E-state index is -0.0966. The third kappa shape index (κ3) is 3.45. The first-order valence-electron chi connectivity index (χ1n) is 7.24. The molecule has 1 atom stereocenters. The summed E-state index contributed by atoms with van der Waals surface area (Å²) in [6.45, 7) is 4.88. The topological polar surface area (TPSA) is 72.3 Å². The number of ether oxygens (including phenoxy) is 1. The number of aryl methyl sites for hydroxylation is 1. The Morgan fingerprint density at radius 2 is 2.50 bits per heavy atom. The second-order valence-corrected chi connectivity index (χ2v) is 6.03. The molecule has 2 amide bonds. The fraction of sp³-hybridized carbons (Fsp3) is 0.500. The lowest BCUT2D eigenvalue weighted by Crippen LogP contribution is -2.48. The number of rotatable bonds is 4. The van der Waals surface area contributed by atoms with Crippen LogP contribution in [0.1, 0.15) is 16.7 Å². The first kappa shape index (κ1) is 15.0. The lowest BCUT2D eigenvalue weighted by molar-refractivity contribution is 0.0115. The van der Waals surface area contributed by atoms with Gasteiger partial charge in [0, 0.05) is 43.1 Å². The summed E-state index contributed by atoms with van der Waals surface area (Å²) < 4.78 is 7.45. The summed E-state index contributed by atoms with van der Waals surface area (Å²) in [6.07, 6.45) is 5.34. The van der Waals surface area contributed by atoms with Crippen LogP contribution in [-0.4, -0.2) is 51.8 Å². The van der Waals surface area contributed by atoms with Crippen LogP contribution in [0.5, 0.6) is 0 Å². The molecule has 0 bridgehead atoms. The van der Waals surface area contributed by atoms with Gasteiger partial charge in [0.1, 0.15) is 11.0 Å². The molecule has 22 heavy (non-hydrogen) atoms. The monoisotopic (exact) mass is 321 g/mol. The fourth-order valence-electron chi connectivity index (χ4n) is 2.39. The summed E-state index contributed by atoms with van der Waals surface area (Å²) in [5, 5.41) is 5.89. The van der Waals surface area contributed by atoms with Gasteiger partial charge in [-0.15, -0.1) is 11.3 Å². The van der Waals surface area contributed by atoms with E-state index in [9.17, 15) is 4.79 Å². The van der Waals surface area contributed by atoms with E-state index in [1.165, 1.54) is 0 Å². The molecule has 1 aliphatic heterocycles. The van der Waals surface area contributed by atoms with Crippen molar-refractivity contribution in [3.05, 3.63) is 34.8 Å². The number of hydrogen-bond acceptors (Lipinski definition) is 5. The van der Waals surface area contributed by atoms with Crippen molar-refractivity contribution < 1.29 is 9.53 Å². The molecular weight excluding hydrogens is 302 g/mol. The number of hydrogen-bond donors (Lipinski definition) is 1. The predicted octanol–water partition coefficient (Wildman–Crippen LogP) is 1.43. The molecule has 0 saturated carbocycles. The largest absolute Gasteiger partial charge is 0.377 e. The van der Waals surface area contributed by atoms with E-state index in [0.717, 1.165) is 10.7 Å². The number of morpholine rings is 1. The molecule has 1 aliphatic rings. The van der Waals surface area contributed by atoms with E-state index in [2.05, 4.69) is 15.3 Å². The van der Waals surface area contributed by atoms with Crippen molar-refractivity contribution in [1.82, 2.24) is 24.8 Å². The van der Waals surface area contributed by atoms with Crippen LogP contribution in [0.15, 0.2) is 24.1 Å². The van der Waals surface area contributed by atoms with Gasteiger partial charge in [-0.05, 0) is 6.92 Å². The maximum absolute atomic E-state index is 12.4. The summed E-state index contributed by atoms with van der Waals surface area (Å²) in [5.74, 6) is 0. The Morgan fingerprint density at radius 1 is 1.59 bits per heavy atom. The van der Waals surface area contributed by atoms with Crippen molar-refractivity contribution in [3.8, 4) is 0 Å². The zero-order chi connectivity index (χ0) is 15.4. The lowest BCUT2D eigenvalue weighted by Gasteiger charge is -2.34. The van der Waals surface area contributed by atoms with Gasteiger partial charge < -0.3 is 19.5 Å². The van der Waals surface area contributed by atoms with E-state index in [1.807, 2.05) is 28.0 Å². The van der Waals surface area contributed by atoms with E-state index >= 15 is 0 Å². The minimum Gasteiger partial charge on any atom is -0.377 e. The highest BCUT2D eigenvalue weighted by atomic mass is 32.1. The van der Waals surface area contributed by atoms with E-state index < -0.39 is 0 Å². The third-order valence-corrected chi connectivity index (χ3v) is 4.58. The maximum Gasteiger partial charge on any atom is 0.318 e. The van der Waals surface area contributed by atoms with Gasteiger partial charge in [-0.25, -0.2) is 14.8 Å². The molecule has 0 spiro atoms. The van der Waals surface area contributed by atoms with Gasteiger partial charge in [-0.2, -0.15) is 0 Å². The smallest absolute Gasteiger partial charge is 0.318 e. The van der Waals surface area contributed by atoms with E-state index in [-0.39, 0.29) is 12.1 Å². The van der Waals surface area contributed by atoms with Gasteiger partial charge in [0.25, 0.3) is 0 Å². The van der Waals surface area contributed by atoms with Gasteiger partial charge in [0.15, 0.2) is 0 Å².